The summed E-state index contributed by atoms with van der Waals surface area (Å²) >= 11 is 5.88. The average Bonchev–Trinajstić information content (AvgIpc) is 2.48. The van der Waals surface area contributed by atoms with Gasteiger partial charge in [0.25, 0.3) is 0 Å². The number of halogens is 1. The van der Waals surface area contributed by atoms with Crippen molar-refractivity contribution in [3.63, 3.8) is 0 Å². The van der Waals surface area contributed by atoms with Gasteiger partial charge in [-0.2, -0.15) is 0 Å². The maximum atomic E-state index is 12.3. The monoisotopic (exact) mass is 300 g/mol. The lowest BCUT2D eigenvalue weighted by molar-refractivity contribution is 0.0848. The smallest absolute Gasteiger partial charge is 0.170 e. The molecule has 0 spiro atoms. The second-order valence-corrected chi connectivity index (χ2v) is 5.34. The van der Waals surface area contributed by atoms with E-state index < -0.39 is 0 Å². The lowest BCUT2D eigenvalue weighted by Gasteiger charge is -2.27. The van der Waals surface area contributed by atoms with Gasteiger partial charge in [0.2, 0.25) is 0 Å². The fourth-order valence-corrected chi connectivity index (χ4v) is 2.58. The Labute approximate surface area is 127 Å². The molecule has 0 saturated heterocycles. The maximum absolute atomic E-state index is 12.3. The third kappa shape index (κ3) is 2.52. The van der Waals surface area contributed by atoms with Crippen molar-refractivity contribution < 1.29 is 14.6 Å². The Morgan fingerprint density at radius 3 is 2.67 bits per heavy atom. The molecule has 21 heavy (non-hydrogen) atoms. The topological polar surface area (TPSA) is 46.5 Å². The summed E-state index contributed by atoms with van der Waals surface area (Å²) in [6, 6.07) is 10.2. The third-order valence-corrected chi connectivity index (χ3v) is 3.75. The second-order valence-electron chi connectivity index (χ2n) is 4.90. The molecule has 2 aromatic rings. The molecule has 3 rings (SSSR count). The molecule has 1 aliphatic rings. The van der Waals surface area contributed by atoms with Gasteiger partial charge in [-0.15, -0.1) is 0 Å². The Kier molecular flexibility index (Phi) is 3.43. The van der Waals surface area contributed by atoms with E-state index in [1.54, 1.807) is 18.2 Å². The summed E-state index contributed by atoms with van der Waals surface area (Å²) in [4.78, 5) is 12.3. The Bertz CT molecular complexity index is 720. The molecule has 2 aromatic carbocycles. The summed E-state index contributed by atoms with van der Waals surface area (Å²) in [6.07, 6.45) is 1.44. The number of rotatable bonds is 2. The van der Waals surface area contributed by atoms with Crippen LogP contribution in [0.5, 0.6) is 11.5 Å². The summed E-state index contributed by atoms with van der Waals surface area (Å²) in [5, 5.41) is 10.3. The molecule has 3 nitrogen and oxygen atoms in total. The predicted molar refractivity (Wildman–Crippen MR) is 82.0 cm³/mol. The molecule has 1 atom stereocenters. The van der Waals surface area contributed by atoms with Crippen LogP contribution in [0.2, 0.25) is 5.02 Å². The van der Waals surface area contributed by atoms with Gasteiger partial charge in [-0.3, -0.25) is 4.79 Å². The number of ether oxygens (including phenoxy) is 1. The zero-order valence-corrected chi connectivity index (χ0v) is 11.9. The van der Waals surface area contributed by atoms with E-state index in [0.717, 1.165) is 5.56 Å². The molecule has 0 bridgehead atoms. The molecule has 0 aliphatic carbocycles. The SMILES string of the molecule is C=Cc1cc(O)cc2c1OC(c1ccc(Cl)cc1)CC2=O. The molecular weight excluding hydrogens is 288 g/mol. The number of phenolic OH excluding ortho intramolecular Hbond substituents is 1. The molecule has 0 aromatic heterocycles. The van der Waals surface area contributed by atoms with Crippen molar-refractivity contribution in [2.75, 3.05) is 0 Å². The van der Waals surface area contributed by atoms with Crippen LogP contribution in [-0.2, 0) is 0 Å². The molecule has 0 fully saturated rings. The van der Waals surface area contributed by atoms with Crippen LogP contribution in [0.1, 0.15) is 34.0 Å². The highest BCUT2D eigenvalue weighted by Crippen LogP contribution is 2.40. The largest absolute Gasteiger partial charge is 0.508 e. The van der Waals surface area contributed by atoms with Crippen LogP contribution in [0.4, 0.5) is 0 Å². The molecule has 4 heteroatoms. The Balaban J connectivity index is 2.03. The van der Waals surface area contributed by atoms with E-state index in [2.05, 4.69) is 6.58 Å². The number of hydrogen-bond donors (Lipinski definition) is 1. The van der Waals surface area contributed by atoms with Crippen molar-refractivity contribution >= 4 is 23.5 Å². The highest BCUT2D eigenvalue weighted by Gasteiger charge is 2.29. The van der Waals surface area contributed by atoms with E-state index in [1.807, 2.05) is 12.1 Å². The van der Waals surface area contributed by atoms with Crippen LogP contribution >= 0.6 is 11.6 Å². The number of benzene rings is 2. The van der Waals surface area contributed by atoms with E-state index in [9.17, 15) is 9.90 Å². The lowest BCUT2D eigenvalue weighted by Crippen LogP contribution is -2.21. The minimum Gasteiger partial charge on any atom is -0.508 e. The lowest BCUT2D eigenvalue weighted by atomic mass is 9.94. The highest BCUT2D eigenvalue weighted by molar-refractivity contribution is 6.30. The van der Waals surface area contributed by atoms with Crippen molar-refractivity contribution in [2.45, 2.75) is 12.5 Å². The minimum absolute atomic E-state index is 0.0329. The van der Waals surface area contributed by atoms with Crippen LogP contribution in [0, 0.1) is 0 Å². The number of hydrogen-bond acceptors (Lipinski definition) is 3. The molecule has 0 saturated carbocycles. The van der Waals surface area contributed by atoms with Gasteiger partial charge in [0.1, 0.15) is 17.6 Å². The first-order valence-electron chi connectivity index (χ1n) is 6.53. The maximum Gasteiger partial charge on any atom is 0.170 e. The van der Waals surface area contributed by atoms with E-state index >= 15 is 0 Å². The fourth-order valence-electron chi connectivity index (χ4n) is 2.45. The van der Waals surface area contributed by atoms with Crippen LogP contribution in [-0.4, -0.2) is 10.9 Å². The van der Waals surface area contributed by atoms with E-state index in [-0.39, 0.29) is 24.1 Å². The summed E-state index contributed by atoms with van der Waals surface area (Å²) in [5.41, 5.74) is 1.90. The summed E-state index contributed by atoms with van der Waals surface area (Å²) < 4.78 is 5.96. The van der Waals surface area contributed by atoms with Crippen LogP contribution < -0.4 is 4.74 Å². The second kappa shape index (κ2) is 5.26. The number of carbonyl (C=O) groups excluding carboxylic acids is 1. The van der Waals surface area contributed by atoms with Crippen molar-refractivity contribution in [1.29, 1.82) is 0 Å². The quantitative estimate of drug-likeness (QED) is 0.894. The zero-order chi connectivity index (χ0) is 15.0. The zero-order valence-electron chi connectivity index (χ0n) is 11.2. The summed E-state index contributed by atoms with van der Waals surface area (Å²) in [5.74, 6) is 0.444. The van der Waals surface area contributed by atoms with Gasteiger partial charge in [-0.25, -0.2) is 0 Å². The molecule has 1 unspecified atom stereocenters. The number of Topliss-reactive ketones (excluding diaryl/α,β-unsaturated/α-hetero) is 1. The van der Waals surface area contributed by atoms with E-state index in [4.69, 9.17) is 16.3 Å². The predicted octanol–water partition coefficient (Wildman–Crippen LogP) is 4.40. The number of aromatic hydroxyl groups is 1. The molecular formula is C17H13ClO3. The van der Waals surface area contributed by atoms with Gasteiger partial charge in [0.05, 0.1) is 12.0 Å². The molecule has 1 aliphatic heterocycles. The van der Waals surface area contributed by atoms with E-state index in [0.29, 0.717) is 21.9 Å². The van der Waals surface area contributed by atoms with Crippen LogP contribution in [0.25, 0.3) is 6.08 Å². The van der Waals surface area contributed by atoms with Gasteiger partial charge in [-0.1, -0.05) is 36.4 Å². The molecule has 106 valence electrons. The van der Waals surface area contributed by atoms with Crippen LogP contribution in [0.3, 0.4) is 0 Å². The number of phenols is 1. The number of fused-ring (bicyclic) bond motifs is 1. The van der Waals surface area contributed by atoms with E-state index in [1.165, 1.54) is 12.1 Å². The first kappa shape index (κ1) is 13.7. The van der Waals surface area contributed by atoms with Crippen molar-refractivity contribution in [3.8, 4) is 11.5 Å². The number of carbonyl (C=O) groups is 1. The third-order valence-electron chi connectivity index (χ3n) is 3.50. The van der Waals surface area contributed by atoms with Gasteiger partial charge in [0.15, 0.2) is 5.78 Å². The number of ketones is 1. The fraction of sp³-hybridized carbons (Fsp3) is 0.118. The Hall–Kier alpha value is -2.26. The Morgan fingerprint density at radius 2 is 2.00 bits per heavy atom. The van der Waals surface area contributed by atoms with Crippen molar-refractivity contribution in [2.24, 2.45) is 0 Å². The summed E-state index contributed by atoms with van der Waals surface area (Å²) in [7, 11) is 0. The standard InChI is InChI=1S/C17H13ClO3/c1-2-10-7-13(19)8-14-15(20)9-16(21-17(10)14)11-3-5-12(18)6-4-11/h2-8,16,19H,1,9H2. The first-order valence-corrected chi connectivity index (χ1v) is 6.91. The van der Waals surface area contributed by atoms with Crippen LogP contribution in [0.15, 0.2) is 43.0 Å². The minimum atomic E-state index is -0.356. The molecule has 1 heterocycles. The van der Waals surface area contributed by atoms with Gasteiger partial charge >= 0.3 is 0 Å². The molecule has 0 amide bonds. The normalized spacial score (nSPS) is 17.0. The first-order chi connectivity index (χ1) is 10.1. The van der Waals surface area contributed by atoms with Crippen molar-refractivity contribution in [1.82, 2.24) is 0 Å². The highest BCUT2D eigenvalue weighted by atomic mass is 35.5. The average molecular weight is 301 g/mol. The molecule has 0 radical (unpaired) electrons. The van der Waals surface area contributed by atoms with Gasteiger partial charge in [0, 0.05) is 10.6 Å². The van der Waals surface area contributed by atoms with Gasteiger partial charge in [-0.05, 0) is 29.8 Å². The van der Waals surface area contributed by atoms with Crippen molar-refractivity contribution in [3.05, 3.63) is 64.7 Å². The van der Waals surface area contributed by atoms with Gasteiger partial charge < -0.3 is 9.84 Å². The molecule has 1 N–H and O–H groups in total. The summed E-state index contributed by atoms with van der Waals surface area (Å²) in [6.45, 7) is 3.69. The Morgan fingerprint density at radius 1 is 1.29 bits per heavy atom.